The maximum Gasteiger partial charge on any atom is 0.245 e. The summed E-state index contributed by atoms with van der Waals surface area (Å²) in [5, 5.41) is 0. The molecule has 1 aromatic carbocycles. The third-order valence-electron chi connectivity index (χ3n) is 3.62. The van der Waals surface area contributed by atoms with Crippen LogP contribution < -0.4 is 0 Å². The Bertz CT molecular complexity index is 583. The predicted octanol–water partition coefficient (Wildman–Crippen LogP) is 4.16. The molecule has 1 unspecified atom stereocenters. The molecular formula is C13H16Br2FNO2S. The Hall–Kier alpha value is 0.0200. The van der Waals surface area contributed by atoms with Gasteiger partial charge in [-0.05, 0) is 62.8 Å². The van der Waals surface area contributed by atoms with Crippen LogP contribution in [0.25, 0.3) is 0 Å². The zero-order valence-corrected chi connectivity index (χ0v) is 15.1. The first-order chi connectivity index (χ1) is 9.36. The summed E-state index contributed by atoms with van der Waals surface area (Å²) < 4.78 is 40.8. The maximum absolute atomic E-state index is 13.3. The average molecular weight is 429 g/mol. The number of nitrogens with zero attached hydrogens (tertiary/aromatic N) is 1. The number of sulfonamides is 1. The van der Waals surface area contributed by atoms with Crippen molar-refractivity contribution in [2.45, 2.75) is 31.1 Å². The van der Waals surface area contributed by atoms with Gasteiger partial charge in [-0.1, -0.05) is 13.3 Å². The molecule has 1 atom stereocenters. The number of benzene rings is 1. The van der Waals surface area contributed by atoms with Crippen molar-refractivity contribution >= 4 is 41.9 Å². The van der Waals surface area contributed by atoms with E-state index in [1.54, 1.807) is 0 Å². The van der Waals surface area contributed by atoms with Gasteiger partial charge in [-0.15, -0.1) is 0 Å². The molecule has 1 aliphatic heterocycles. The zero-order chi connectivity index (χ0) is 14.9. The lowest BCUT2D eigenvalue weighted by Gasteiger charge is -2.31. The Balaban J connectivity index is 2.40. The molecule has 2 rings (SSSR count). The van der Waals surface area contributed by atoms with E-state index in [0.717, 1.165) is 19.3 Å². The molecular weight excluding hydrogens is 413 g/mol. The van der Waals surface area contributed by atoms with Crippen LogP contribution in [0.15, 0.2) is 26.0 Å². The highest BCUT2D eigenvalue weighted by molar-refractivity contribution is 9.11. The first-order valence-electron chi connectivity index (χ1n) is 6.51. The molecule has 0 aromatic heterocycles. The van der Waals surface area contributed by atoms with Gasteiger partial charge in [0.1, 0.15) is 10.7 Å². The standard InChI is InChI=1S/C13H16Br2FNO2S/c1-2-9-4-3-5-17(8-9)20(18,19)13-11(14)6-10(16)7-12(13)15/h6-7,9H,2-5,8H2,1H3. The molecule has 0 saturated carbocycles. The number of halogens is 3. The minimum absolute atomic E-state index is 0.107. The number of piperidine rings is 1. The van der Waals surface area contributed by atoms with Crippen molar-refractivity contribution in [2.75, 3.05) is 13.1 Å². The second-order valence-electron chi connectivity index (χ2n) is 4.98. The molecule has 1 fully saturated rings. The molecule has 0 N–H and O–H groups in total. The van der Waals surface area contributed by atoms with E-state index in [1.165, 1.54) is 16.4 Å². The van der Waals surface area contributed by atoms with Crippen LogP contribution in [0, 0.1) is 11.7 Å². The second kappa shape index (κ2) is 6.42. The fourth-order valence-electron chi connectivity index (χ4n) is 2.48. The van der Waals surface area contributed by atoms with Gasteiger partial charge in [-0.25, -0.2) is 12.8 Å². The Morgan fingerprint density at radius 2 is 1.95 bits per heavy atom. The van der Waals surface area contributed by atoms with Crippen LogP contribution in [-0.2, 0) is 10.0 Å². The first-order valence-corrected chi connectivity index (χ1v) is 9.53. The summed E-state index contributed by atoms with van der Waals surface area (Å²) in [5.74, 6) is -0.0793. The van der Waals surface area contributed by atoms with Gasteiger partial charge in [0, 0.05) is 22.0 Å². The molecule has 1 heterocycles. The molecule has 1 saturated heterocycles. The van der Waals surface area contributed by atoms with Gasteiger partial charge in [0.15, 0.2) is 0 Å². The van der Waals surface area contributed by atoms with E-state index in [2.05, 4.69) is 38.8 Å². The Morgan fingerprint density at radius 3 is 2.50 bits per heavy atom. The van der Waals surface area contributed by atoms with E-state index in [9.17, 15) is 12.8 Å². The van der Waals surface area contributed by atoms with Crippen LogP contribution in [0.2, 0.25) is 0 Å². The summed E-state index contributed by atoms with van der Waals surface area (Å²) in [7, 11) is -3.61. The van der Waals surface area contributed by atoms with E-state index >= 15 is 0 Å². The van der Waals surface area contributed by atoms with Crippen molar-refractivity contribution in [1.29, 1.82) is 0 Å². The highest BCUT2D eigenvalue weighted by Crippen LogP contribution is 2.35. The van der Waals surface area contributed by atoms with Crippen molar-refractivity contribution in [1.82, 2.24) is 4.31 Å². The summed E-state index contributed by atoms with van der Waals surface area (Å²) in [5.41, 5.74) is 0. The number of hydrogen-bond donors (Lipinski definition) is 0. The lowest BCUT2D eigenvalue weighted by Crippen LogP contribution is -2.40. The van der Waals surface area contributed by atoms with Crippen LogP contribution in [0.4, 0.5) is 4.39 Å². The van der Waals surface area contributed by atoms with Gasteiger partial charge in [0.2, 0.25) is 10.0 Å². The molecule has 1 aromatic rings. The van der Waals surface area contributed by atoms with E-state index < -0.39 is 15.8 Å². The van der Waals surface area contributed by atoms with Crippen LogP contribution in [0.3, 0.4) is 0 Å². The topological polar surface area (TPSA) is 37.4 Å². The highest BCUT2D eigenvalue weighted by atomic mass is 79.9. The van der Waals surface area contributed by atoms with Crippen molar-refractivity contribution in [2.24, 2.45) is 5.92 Å². The average Bonchev–Trinajstić information content (AvgIpc) is 2.37. The predicted molar refractivity (Wildman–Crippen MR) is 83.6 cm³/mol. The van der Waals surface area contributed by atoms with Gasteiger partial charge in [-0.2, -0.15) is 4.31 Å². The summed E-state index contributed by atoms with van der Waals surface area (Å²) >= 11 is 6.31. The largest absolute Gasteiger partial charge is 0.245 e. The van der Waals surface area contributed by atoms with Crippen LogP contribution in [0.5, 0.6) is 0 Å². The summed E-state index contributed by atoms with van der Waals surface area (Å²) in [6.45, 7) is 3.13. The van der Waals surface area contributed by atoms with Crippen molar-refractivity contribution in [3.63, 3.8) is 0 Å². The van der Waals surface area contributed by atoms with Crippen molar-refractivity contribution < 1.29 is 12.8 Å². The molecule has 7 heteroatoms. The van der Waals surface area contributed by atoms with Crippen LogP contribution in [-0.4, -0.2) is 25.8 Å². The molecule has 0 spiro atoms. The van der Waals surface area contributed by atoms with Gasteiger partial charge >= 0.3 is 0 Å². The molecule has 112 valence electrons. The molecule has 1 aliphatic rings. The quantitative estimate of drug-likeness (QED) is 0.724. The lowest BCUT2D eigenvalue weighted by molar-refractivity contribution is 0.261. The smallest absolute Gasteiger partial charge is 0.207 e. The summed E-state index contributed by atoms with van der Waals surface area (Å²) in [6, 6.07) is 2.36. The number of rotatable bonds is 3. The normalized spacial score (nSPS) is 21.1. The molecule has 3 nitrogen and oxygen atoms in total. The molecule has 0 amide bonds. The van der Waals surface area contributed by atoms with E-state index in [1.807, 2.05) is 0 Å². The Labute approximate surface area is 135 Å². The fraction of sp³-hybridized carbons (Fsp3) is 0.538. The molecule has 0 bridgehead atoms. The SMILES string of the molecule is CCC1CCCN(S(=O)(=O)c2c(Br)cc(F)cc2Br)C1. The van der Waals surface area contributed by atoms with Gasteiger partial charge in [-0.3, -0.25) is 0 Å². The monoisotopic (exact) mass is 427 g/mol. The maximum atomic E-state index is 13.3. The molecule has 20 heavy (non-hydrogen) atoms. The van der Waals surface area contributed by atoms with E-state index in [-0.39, 0.29) is 13.8 Å². The van der Waals surface area contributed by atoms with Crippen LogP contribution >= 0.6 is 31.9 Å². The second-order valence-corrected chi connectivity index (χ2v) is 8.56. The highest BCUT2D eigenvalue weighted by Gasteiger charge is 2.32. The number of hydrogen-bond acceptors (Lipinski definition) is 2. The third-order valence-corrected chi connectivity index (χ3v) is 7.36. The van der Waals surface area contributed by atoms with Crippen molar-refractivity contribution in [3.05, 3.63) is 26.9 Å². The molecule has 0 aliphatic carbocycles. The molecule has 0 radical (unpaired) electrons. The van der Waals surface area contributed by atoms with E-state index in [4.69, 9.17) is 0 Å². The Morgan fingerprint density at radius 1 is 1.35 bits per heavy atom. The lowest BCUT2D eigenvalue weighted by atomic mass is 9.97. The summed E-state index contributed by atoms with van der Waals surface area (Å²) in [6.07, 6.45) is 2.90. The minimum atomic E-state index is -3.61. The third kappa shape index (κ3) is 3.26. The Kier molecular flexibility index (Phi) is 5.26. The first kappa shape index (κ1) is 16.4. The van der Waals surface area contributed by atoms with Gasteiger partial charge < -0.3 is 0 Å². The van der Waals surface area contributed by atoms with E-state index in [0.29, 0.717) is 19.0 Å². The summed E-state index contributed by atoms with van der Waals surface area (Å²) in [4.78, 5) is 0.107. The zero-order valence-electron chi connectivity index (χ0n) is 11.1. The fourth-order valence-corrected chi connectivity index (χ4v) is 6.49. The van der Waals surface area contributed by atoms with Crippen LogP contribution in [0.1, 0.15) is 26.2 Å². The van der Waals surface area contributed by atoms with Crippen molar-refractivity contribution in [3.8, 4) is 0 Å². The van der Waals surface area contributed by atoms with Gasteiger partial charge in [0.25, 0.3) is 0 Å². The van der Waals surface area contributed by atoms with Gasteiger partial charge in [0.05, 0.1) is 0 Å². The minimum Gasteiger partial charge on any atom is -0.207 e.